The molecule has 1 atom stereocenters. The zero-order chi connectivity index (χ0) is 25.0. The van der Waals surface area contributed by atoms with E-state index in [-0.39, 0.29) is 31.2 Å². The fourth-order valence-corrected chi connectivity index (χ4v) is 5.72. The van der Waals surface area contributed by atoms with Crippen LogP contribution in [0.3, 0.4) is 0 Å². The van der Waals surface area contributed by atoms with E-state index in [1.165, 1.54) is 33.5 Å². The van der Waals surface area contributed by atoms with Crippen molar-refractivity contribution in [2.45, 2.75) is 32.0 Å². The van der Waals surface area contributed by atoms with Crippen LogP contribution in [0.15, 0.2) is 42.6 Å². The first kappa shape index (κ1) is 22.7. The number of anilines is 1. The summed E-state index contributed by atoms with van der Waals surface area (Å²) in [7, 11) is 2.04. The van der Waals surface area contributed by atoms with Crippen LogP contribution in [-0.4, -0.2) is 64.3 Å². The molecule has 36 heavy (non-hydrogen) atoms. The Morgan fingerprint density at radius 3 is 2.61 bits per heavy atom. The number of rotatable bonds is 4. The summed E-state index contributed by atoms with van der Waals surface area (Å²) in [5.41, 5.74) is 4.27. The van der Waals surface area contributed by atoms with Gasteiger partial charge in [-0.2, -0.15) is 0 Å². The van der Waals surface area contributed by atoms with Gasteiger partial charge in [-0.15, -0.1) is 0 Å². The molecule has 6 rings (SSSR count). The summed E-state index contributed by atoms with van der Waals surface area (Å²) in [6.07, 6.45) is 2.54. The summed E-state index contributed by atoms with van der Waals surface area (Å²) in [6.45, 7) is 4.17. The molecule has 3 amide bonds. The van der Waals surface area contributed by atoms with E-state index in [0.29, 0.717) is 5.56 Å². The average molecular weight is 490 g/mol. The topological polar surface area (TPSA) is 77.9 Å². The summed E-state index contributed by atoms with van der Waals surface area (Å²) in [4.78, 5) is 43.1. The van der Waals surface area contributed by atoms with Gasteiger partial charge in [0.05, 0.1) is 0 Å². The number of aryl methyl sites for hydroxylation is 1. The van der Waals surface area contributed by atoms with Gasteiger partial charge in [-0.3, -0.25) is 24.6 Å². The van der Waals surface area contributed by atoms with Crippen LogP contribution in [0, 0.1) is 5.82 Å². The zero-order valence-corrected chi connectivity index (χ0v) is 20.2. The molecule has 1 aromatic heterocycles. The van der Waals surface area contributed by atoms with Crippen molar-refractivity contribution in [2.75, 3.05) is 31.1 Å². The highest BCUT2D eigenvalue weighted by Gasteiger charge is 2.41. The number of amides is 3. The first-order valence-corrected chi connectivity index (χ1v) is 12.4. The second kappa shape index (κ2) is 8.74. The number of imide groups is 1. The van der Waals surface area contributed by atoms with E-state index < -0.39 is 17.8 Å². The van der Waals surface area contributed by atoms with E-state index in [9.17, 15) is 18.8 Å². The fourth-order valence-electron chi connectivity index (χ4n) is 5.72. The number of halogens is 1. The lowest BCUT2D eigenvalue weighted by molar-refractivity contribution is -0.136. The molecule has 9 heteroatoms. The van der Waals surface area contributed by atoms with Gasteiger partial charge in [-0.1, -0.05) is 6.07 Å². The Bertz CT molecular complexity index is 1390. The smallest absolute Gasteiger partial charge is 0.255 e. The highest BCUT2D eigenvalue weighted by Crippen LogP contribution is 2.35. The van der Waals surface area contributed by atoms with E-state index in [1.54, 1.807) is 0 Å². The van der Waals surface area contributed by atoms with Gasteiger partial charge < -0.3 is 14.4 Å². The Kier molecular flexibility index (Phi) is 5.52. The summed E-state index contributed by atoms with van der Waals surface area (Å²) < 4.78 is 16.7. The summed E-state index contributed by atoms with van der Waals surface area (Å²) >= 11 is 0. The van der Waals surface area contributed by atoms with Gasteiger partial charge in [0.1, 0.15) is 11.9 Å². The number of piperidine rings is 1. The largest absolute Gasteiger partial charge is 0.369 e. The van der Waals surface area contributed by atoms with Gasteiger partial charge in [-0.25, -0.2) is 4.39 Å². The first-order chi connectivity index (χ1) is 17.4. The summed E-state index contributed by atoms with van der Waals surface area (Å²) in [6, 6.07) is 10.7. The maximum absolute atomic E-state index is 14.6. The van der Waals surface area contributed by atoms with Gasteiger partial charge in [0.15, 0.2) is 0 Å². The molecule has 0 bridgehead atoms. The molecule has 0 radical (unpaired) electrons. The average Bonchev–Trinajstić information content (AvgIpc) is 3.39. The quantitative estimate of drug-likeness (QED) is 0.570. The molecule has 2 saturated heterocycles. The maximum atomic E-state index is 14.6. The molecule has 0 spiro atoms. The molecule has 186 valence electrons. The molecular formula is C27H28FN5O3. The van der Waals surface area contributed by atoms with E-state index in [2.05, 4.69) is 50.1 Å². The molecule has 3 aliphatic heterocycles. The molecule has 0 saturated carbocycles. The third kappa shape index (κ3) is 3.93. The van der Waals surface area contributed by atoms with Gasteiger partial charge >= 0.3 is 0 Å². The normalized spacial score (nSPS) is 20.8. The number of hydrogen-bond donors (Lipinski definition) is 1. The van der Waals surface area contributed by atoms with Gasteiger partial charge in [0.2, 0.25) is 11.8 Å². The van der Waals surface area contributed by atoms with Crippen LogP contribution < -0.4 is 10.2 Å². The van der Waals surface area contributed by atoms with Crippen LogP contribution in [0.2, 0.25) is 0 Å². The van der Waals surface area contributed by atoms with Crippen molar-refractivity contribution in [1.82, 2.24) is 19.7 Å². The SMILES string of the molecule is Cn1ccc2cc(CN3CCN(c4cc(F)cc5c4CN(C4CCC(=O)NC4=O)C5=O)CC3)ccc21. The lowest BCUT2D eigenvalue weighted by Crippen LogP contribution is -2.52. The number of carbonyl (C=O) groups excluding carboxylic acids is 3. The van der Waals surface area contributed by atoms with Crippen LogP contribution in [0.4, 0.5) is 10.1 Å². The number of hydrogen-bond acceptors (Lipinski definition) is 5. The van der Waals surface area contributed by atoms with Crippen molar-refractivity contribution in [3.05, 3.63) is 65.1 Å². The van der Waals surface area contributed by atoms with Crippen LogP contribution in [0.5, 0.6) is 0 Å². The van der Waals surface area contributed by atoms with Crippen molar-refractivity contribution in [3.63, 3.8) is 0 Å². The Morgan fingerprint density at radius 2 is 1.83 bits per heavy atom. The van der Waals surface area contributed by atoms with Crippen molar-refractivity contribution >= 4 is 34.3 Å². The molecule has 1 N–H and O–H groups in total. The lowest BCUT2D eigenvalue weighted by atomic mass is 10.0. The number of piperazine rings is 1. The van der Waals surface area contributed by atoms with E-state index in [0.717, 1.165) is 44.0 Å². The van der Waals surface area contributed by atoms with Gasteiger partial charge in [0, 0.05) is 81.3 Å². The molecule has 4 heterocycles. The Morgan fingerprint density at radius 1 is 1.03 bits per heavy atom. The number of carbonyl (C=O) groups is 3. The molecule has 3 aliphatic rings. The molecule has 8 nitrogen and oxygen atoms in total. The summed E-state index contributed by atoms with van der Waals surface area (Å²) in [5.74, 6) is -1.60. The van der Waals surface area contributed by atoms with Crippen LogP contribution >= 0.6 is 0 Å². The fraction of sp³-hybridized carbons (Fsp3) is 0.370. The molecule has 0 aliphatic carbocycles. The van der Waals surface area contributed by atoms with Gasteiger partial charge in [0.25, 0.3) is 5.91 Å². The molecule has 2 aromatic carbocycles. The van der Waals surface area contributed by atoms with Crippen molar-refractivity contribution < 1.29 is 18.8 Å². The number of benzene rings is 2. The third-order valence-corrected chi connectivity index (χ3v) is 7.67. The number of fused-ring (bicyclic) bond motifs is 2. The predicted molar refractivity (Wildman–Crippen MR) is 133 cm³/mol. The maximum Gasteiger partial charge on any atom is 0.255 e. The lowest BCUT2D eigenvalue weighted by Gasteiger charge is -2.37. The summed E-state index contributed by atoms with van der Waals surface area (Å²) in [5, 5.41) is 3.55. The zero-order valence-electron chi connectivity index (χ0n) is 20.2. The minimum absolute atomic E-state index is 0.191. The monoisotopic (exact) mass is 489 g/mol. The van der Waals surface area contributed by atoms with Crippen LogP contribution in [0.1, 0.15) is 34.3 Å². The van der Waals surface area contributed by atoms with Crippen molar-refractivity contribution in [2.24, 2.45) is 7.05 Å². The standard InChI is InChI=1S/C27H28FN5O3/c1-30-7-6-18-12-17(2-3-22(18)30)15-31-8-10-32(11-9-31)24-14-19(28)13-20-21(24)16-33(27(20)36)23-4-5-25(34)29-26(23)35/h2-3,6-7,12-14,23H,4-5,8-11,15-16H2,1H3,(H,29,34,35). The molecule has 2 fully saturated rings. The minimum Gasteiger partial charge on any atom is -0.369 e. The Hall–Kier alpha value is -3.72. The number of nitrogens with zero attached hydrogens (tertiary/aromatic N) is 4. The highest BCUT2D eigenvalue weighted by atomic mass is 19.1. The van der Waals surface area contributed by atoms with Crippen molar-refractivity contribution in [1.29, 1.82) is 0 Å². The second-order valence-corrected chi connectivity index (χ2v) is 9.93. The van der Waals surface area contributed by atoms with E-state index in [1.807, 2.05) is 7.05 Å². The highest BCUT2D eigenvalue weighted by molar-refractivity contribution is 6.06. The van der Waals surface area contributed by atoms with Gasteiger partial charge in [-0.05, 0) is 47.7 Å². The second-order valence-electron chi connectivity index (χ2n) is 9.93. The first-order valence-electron chi connectivity index (χ1n) is 12.4. The van der Waals surface area contributed by atoms with E-state index >= 15 is 0 Å². The number of aromatic nitrogens is 1. The number of nitrogens with one attached hydrogen (secondary N) is 1. The van der Waals surface area contributed by atoms with E-state index in [4.69, 9.17) is 0 Å². The van der Waals surface area contributed by atoms with Crippen LogP contribution in [0.25, 0.3) is 10.9 Å². The molecule has 1 unspecified atom stereocenters. The van der Waals surface area contributed by atoms with Crippen molar-refractivity contribution in [3.8, 4) is 0 Å². The molecular weight excluding hydrogens is 461 g/mol. The predicted octanol–water partition coefficient (Wildman–Crippen LogP) is 2.40. The minimum atomic E-state index is -0.711. The molecule has 3 aromatic rings. The third-order valence-electron chi connectivity index (χ3n) is 7.67. The Labute approximate surface area is 208 Å². The Balaban J connectivity index is 1.16. The van der Waals surface area contributed by atoms with Crippen LogP contribution in [-0.2, 0) is 29.7 Å².